The molecule has 0 aliphatic carbocycles. The molecule has 0 saturated carbocycles. The fourth-order valence-corrected chi connectivity index (χ4v) is 1.88. The topological polar surface area (TPSA) is 47.6 Å². The molecular weight excluding hydrogens is 311 g/mol. The molecule has 0 atom stereocenters. The van der Waals surface area contributed by atoms with Crippen LogP contribution in [0.15, 0.2) is 48.5 Å². The highest BCUT2D eigenvalue weighted by Crippen LogP contribution is 2.29. The molecule has 1 amide bonds. The maximum absolute atomic E-state index is 12.5. The molecule has 0 spiro atoms. The van der Waals surface area contributed by atoms with Gasteiger partial charge in [0.1, 0.15) is 12.4 Å². The third-order valence-corrected chi connectivity index (χ3v) is 3.00. The van der Waals surface area contributed by atoms with Crippen LogP contribution in [0.3, 0.4) is 0 Å². The van der Waals surface area contributed by atoms with Crippen molar-refractivity contribution in [2.45, 2.75) is 12.8 Å². The largest absolute Gasteiger partial charge is 0.488 e. The number of hydrogen-bond acceptors (Lipinski definition) is 3. The Morgan fingerprint density at radius 2 is 1.74 bits per heavy atom. The van der Waals surface area contributed by atoms with Crippen LogP contribution in [0.5, 0.6) is 5.75 Å². The number of amides is 1. The number of benzene rings is 2. The van der Waals surface area contributed by atoms with Crippen LogP contribution >= 0.6 is 0 Å². The van der Waals surface area contributed by atoms with Crippen molar-refractivity contribution in [1.29, 1.82) is 0 Å². The van der Waals surface area contributed by atoms with Crippen LogP contribution in [0.1, 0.15) is 21.5 Å². The molecule has 0 fully saturated rings. The second-order valence-electron chi connectivity index (χ2n) is 4.61. The zero-order valence-corrected chi connectivity index (χ0v) is 12.2. The first-order valence-corrected chi connectivity index (χ1v) is 6.63. The Bertz CT molecular complexity index is 669. The lowest BCUT2D eigenvalue weighted by atomic mass is 10.1. The van der Waals surface area contributed by atoms with Crippen molar-refractivity contribution in [3.05, 3.63) is 65.2 Å². The predicted molar refractivity (Wildman–Crippen MR) is 76.7 cm³/mol. The number of carbonyl (C=O) groups is 1. The Kier molecular flexibility index (Phi) is 5.23. The van der Waals surface area contributed by atoms with Gasteiger partial charge in [0.05, 0.1) is 18.2 Å². The van der Waals surface area contributed by atoms with Gasteiger partial charge >= 0.3 is 6.18 Å². The first-order valence-electron chi connectivity index (χ1n) is 6.63. The van der Waals surface area contributed by atoms with E-state index in [0.29, 0.717) is 11.3 Å². The molecular formula is C16H14F3NO3. The summed E-state index contributed by atoms with van der Waals surface area (Å²) in [6, 6.07) is 11.1. The van der Waals surface area contributed by atoms with Crippen molar-refractivity contribution in [3.63, 3.8) is 0 Å². The third kappa shape index (κ3) is 4.46. The lowest BCUT2D eigenvalue weighted by molar-refractivity contribution is -0.137. The summed E-state index contributed by atoms with van der Waals surface area (Å²) in [6.45, 7) is 0.0371. The summed E-state index contributed by atoms with van der Waals surface area (Å²) in [5.74, 6) is -0.169. The summed E-state index contributed by atoms with van der Waals surface area (Å²) >= 11 is 0. The Hall–Kier alpha value is -2.54. The van der Waals surface area contributed by atoms with Crippen LogP contribution in [0.25, 0.3) is 0 Å². The molecule has 7 heteroatoms. The first-order chi connectivity index (χ1) is 10.9. The number of alkyl halides is 3. The zero-order valence-electron chi connectivity index (χ0n) is 12.2. The summed E-state index contributed by atoms with van der Waals surface area (Å²) in [7, 11) is 1.31. The van der Waals surface area contributed by atoms with E-state index in [-0.39, 0.29) is 12.2 Å². The number of hydroxylamine groups is 1. The number of ether oxygens (including phenoxy) is 1. The predicted octanol–water partition coefficient (Wildman–Crippen LogP) is 3.58. The van der Waals surface area contributed by atoms with Gasteiger partial charge in [-0.1, -0.05) is 24.3 Å². The van der Waals surface area contributed by atoms with Gasteiger partial charge < -0.3 is 4.74 Å². The number of carbonyl (C=O) groups excluding carboxylic acids is 1. The lowest BCUT2D eigenvalue weighted by Crippen LogP contribution is -2.22. The Morgan fingerprint density at radius 3 is 2.35 bits per heavy atom. The van der Waals surface area contributed by atoms with E-state index in [2.05, 4.69) is 10.3 Å². The maximum atomic E-state index is 12.5. The van der Waals surface area contributed by atoms with Crippen LogP contribution in [-0.4, -0.2) is 13.0 Å². The normalized spacial score (nSPS) is 11.1. The highest BCUT2D eigenvalue weighted by molar-refractivity contribution is 5.96. The lowest BCUT2D eigenvalue weighted by Gasteiger charge is -2.12. The van der Waals surface area contributed by atoms with Gasteiger partial charge in [0, 0.05) is 0 Å². The minimum atomic E-state index is -4.37. The number of halogens is 3. The fourth-order valence-electron chi connectivity index (χ4n) is 1.88. The molecule has 23 heavy (non-hydrogen) atoms. The molecule has 0 aliphatic heterocycles. The smallest absolute Gasteiger partial charge is 0.416 e. The number of rotatable bonds is 5. The Morgan fingerprint density at radius 1 is 1.09 bits per heavy atom. The standard InChI is InChI=1S/C16H14F3NO3/c1-22-20-15(21)13-4-2-3-5-14(13)23-10-11-6-8-12(9-7-11)16(17,18)19/h2-9H,10H2,1H3,(H,20,21). The van der Waals surface area contributed by atoms with E-state index < -0.39 is 17.6 Å². The summed E-state index contributed by atoms with van der Waals surface area (Å²) < 4.78 is 43.0. The minimum absolute atomic E-state index is 0.0371. The second-order valence-corrected chi connectivity index (χ2v) is 4.61. The minimum Gasteiger partial charge on any atom is -0.488 e. The van der Waals surface area contributed by atoms with Crippen LogP contribution in [0.2, 0.25) is 0 Å². The number of hydrogen-bond donors (Lipinski definition) is 1. The van der Waals surface area contributed by atoms with E-state index in [0.717, 1.165) is 12.1 Å². The van der Waals surface area contributed by atoms with Crippen molar-refractivity contribution in [2.24, 2.45) is 0 Å². The van der Waals surface area contributed by atoms with E-state index in [1.54, 1.807) is 24.3 Å². The van der Waals surface area contributed by atoms with Gasteiger partial charge in [0.15, 0.2) is 0 Å². The SMILES string of the molecule is CONC(=O)c1ccccc1OCc1ccc(C(F)(F)F)cc1. The first kappa shape index (κ1) is 16.8. The van der Waals surface area contributed by atoms with Gasteiger partial charge in [-0.2, -0.15) is 13.2 Å². The van der Waals surface area contributed by atoms with Gasteiger partial charge in [-0.3, -0.25) is 9.63 Å². The Labute approximate surface area is 130 Å². The summed E-state index contributed by atoms with van der Waals surface area (Å²) in [4.78, 5) is 16.3. The van der Waals surface area contributed by atoms with Crippen molar-refractivity contribution >= 4 is 5.91 Å². The van der Waals surface area contributed by atoms with Gasteiger partial charge in [0.25, 0.3) is 5.91 Å². The second kappa shape index (κ2) is 7.15. The van der Waals surface area contributed by atoms with Crippen LogP contribution < -0.4 is 10.2 Å². The van der Waals surface area contributed by atoms with Crippen LogP contribution in [0, 0.1) is 0 Å². The van der Waals surface area contributed by atoms with Crippen molar-refractivity contribution < 1.29 is 27.5 Å². The molecule has 0 heterocycles. The fraction of sp³-hybridized carbons (Fsp3) is 0.188. The summed E-state index contributed by atoms with van der Waals surface area (Å²) in [5.41, 5.74) is 2.28. The third-order valence-electron chi connectivity index (χ3n) is 3.00. The van der Waals surface area contributed by atoms with E-state index in [1.165, 1.54) is 19.2 Å². The molecule has 122 valence electrons. The zero-order chi connectivity index (χ0) is 16.9. The molecule has 0 saturated heterocycles. The van der Waals surface area contributed by atoms with E-state index in [9.17, 15) is 18.0 Å². The molecule has 2 aromatic rings. The molecule has 0 aromatic heterocycles. The molecule has 2 rings (SSSR count). The van der Waals surface area contributed by atoms with Crippen molar-refractivity contribution in [3.8, 4) is 5.75 Å². The number of para-hydroxylation sites is 1. The molecule has 0 bridgehead atoms. The molecule has 0 unspecified atom stereocenters. The van der Waals surface area contributed by atoms with Crippen molar-refractivity contribution in [2.75, 3.05) is 7.11 Å². The van der Waals surface area contributed by atoms with E-state index >= 15 is 0 Å². The average Bonchev–Trinajstić information content (AvgIpc) is 2.53. The van der Waals surface area contributed by atoms with Gasteiger partial charge in [-0.15, -0.1) is 0 Å². The monoisotopic (exact) mass is 325 g/mol. The van der Waals surface area contributed by atoms with Crippen LogP contribution in [-0.2, 0) is 17.6 Å². The van der Waals surface area contributed by atoms with Crippen LogP contribution in [0.4, 0.5) is 13.2 Å². The van der Waals surface area contributed by atoms with Gasteiger partial charge in [0.2, 0.25) is 0 Å². The summed E-state index contributed by atoms with van der Waals surface area (Å²) in [6.07, 6.45) is -4.37. The Balaban J connectivity index is 2.08. The quantitative estimate of drug-likeness (QED) is 0.855. The highest BCUT2D eigenvalue weighted by atomic mass is 19.4. The van der Waals surface area contributed by atoms with Crippen molar-refractivity contribution in [1.82, 2.24) is 5.48 Å². The van der Waals surface area contributed by atoms with Gasteiger partial charge in [-0.05, 0) is 29.8 Å². The molecule has 0 radical (unpaired) electrons. The van der Waals surface area contributed by atoms with Gasteiger partial charge in [-0.25, -0.2) is 5.48 Å². The summed E-state index contributed by atoms with van der Waals surface area (Å²) in [5, 5.41) is 0. The average molecular weight is 325 g/mol. The van der Waals surface area contributed by atoms with E-state index in [1.807, 2.05) is 0 Å². The molecule has 4 nitrogen and oxygen atoms in total. The molecule has 0 aliphatic rings. The van der Waals surface area contributed by atoms with E-state index in [4.69, 9.17) is 4.74 Å². The molecule has 1 N–H and O–H groups in total. The highest BCUT2D eigenvalue weighted by Gasteiger charge is 2.29. The molecule has 2 aromatic carbocycles. The number of nitrogens with one attached hydrogen (secondary N) is 1. The maximum Gasteiger partial charge on any atom is 0.416 e.